The highest BCUT2D eigenvalue weighted by atomic mass is 35.5. The van der Waals surface area contributed by atoms with Crippen molar-refractivity contribution in [3.8, 4) is 6.07 Å². The zero-order valence-corrected chi connectivity index (χ0v) is 20.5. The van der Waals surface area contributed by atoms with Gasteiger partial charge in [-0.1, -0.05) is 40.9 Å². The number of nitrogens with zero attached hydrogens (tertiary/aromatic N) is 3. The fourth-order valence-electron chi connectivity index (χ4n) is 3.79. The zero-order chi connectivity index (χ0) is 25.2. The largest absolute Gasteiger partial charge is 0.373 e. The highest BCUT2D eigenvalue weighted by Gasteiger charge is 2.21. The van der Waals surface area contributed by atoms with Gasteiger partial charge in [0.1, 0.15) is 6.07 Å². The normalized spacial score (nSPS) is 13.4. The van der Waals surface area contributed by atoms with E-state index in [0.717, 1.165) is 11.3 Å². The summed E-state index contributed by atoms with van der Waals surface area (Å²) in [5, 5.41) is 16.9. The van der Waals surface area contributed by atoms with Crippen LogP contribution in [0.3, 0.4) is 0 Å². The maximum Gasteiger partial charge on any atom is 0.166 e. The number of rotatable bonds is 6. The molecule has 0 unspecified atom stereocenters. The quantitative estimate of drug-likeness (QED) is 0.191. The monoisotopic (exact) mass is 540 g/mol. The summed E-state index contributed by atoms with van der Waals surface area (Å²) in [6, 6.07) is 12.0. The van der Waals surface area contributed by atoms with E-state index < -0.39 is 5.82 Å². The van der Waals surface area contributed by atoms with Gasteiger partial charge in [-0.25, -0.2) is 4.39 Å². The standard InChI is InChI=1S/C24H16Cl3FN8/c25-16-3-4-18(21(28)20(16)27)34-22-13(8-29)10-31-24-15(22)6-14(7-17(24)26)33-23(19-11-32-36-35-19)12-2-1-5-30-9-12/h1-7,9-11,23,32-33,35-36H,(H,31,34)/t23-/m0/s1. The minimum atomic E-state index is -0.741. The molecule has 2 aromatic carbocycles. The van der Waals surface area contributed by atoms with E-state index in [2.05, 4.69) is 43.1 Å². The molecule has 0 saturated heterocycles. The molecule has 1 aliphatic heterocycles. The van der Waals surface area contributed by atoms with Crippen molar-refractivity contribution in [3.05, 3.63) is 98.9 Å². The summed E-state index contributed by atoms with van der Waals surface area (Å²) >= 11 is 18.5. The van der Waals surface area contributed by atoms with Crippen molar-refractivity contribution >= 4 is 62.8 Å². The predicted molar refractivity (Wildman–Crippen MR) is 139 cm³/mol. The van der Waals surface area contributed by atoms with Crippen molar-refractivity contribution in [1.82, 2.24) is 26.4 Å². The van der Waals surface area contributed by atoms with Crippen LogP contribution in [0.2, 0.25) is 15.1 Å². The van der Waals surface area contributed by atoms with Crippen LogP contribution in [-0.2, 0) is 0 Å². The smallest absolute Gasteiger partial charge is 0.166 e. The Morgan fingerprint density at radius 2 is 1.94 bits per heavy atom. The fraction of sp³-hybridized carbons (Fsp3) is 0.0417. The second kappa shape index (κ2) is 10.0. The number of halogens is 4. The molecule has 5 N–H and O–H groups in total. The molecule has 0 amide bonds. The Kier molecular flexibility index (Phi) is 6.67. The van der Waals surface area contributed by atoms with Gasteiger partial charge in [0.2, 0.25) is 0 Å². The van der Waals surface area contributed by atoms with Gasteiger partial charge in [0.25, 0.3) is 0 Å². The van der Waals surface area contributed by atoms with Crippen molar-refractivity contribution in [1.29, 1.82) is 5.26 Å². The zero-order valence-electron chi connectivity index (χ0n) is 18.2. The third-order valence-corrected chi connectivity index (χ3v) is 6.56. The molecule has 0 radical (unpaired) electrons. The van der Waals surface area contributed by atoms with Gasteiger partial charge >= 0.3 is 0 Å². The van der Waals surface area contributed by atoms with E-state index in [0.29, 0.717) is 27.3 Å². The maximum atomic E-state index is 14.8. The van der Waals surface area contributed by atoms with Crippen molar-refractivity contribution in [2.24, 2.45) is 0 Å². The summed E-state index contributed by atoms with van der Waals surface area (Å²) in [6.07, 6.45) is 6.59. The van der Waals surface area contributed by atoms with Crippen LogP contribution in [0.25, 0.3) is 10.9 Å². The van der Waals surface area contributed by atoms with Crippen molar-refractivity contribution in [2.45, 2.75) is 6.04 Å². The number of hydrogen-bond donors (Lipinski definition) is 5. The number of nitrogens with one attached hydrogen (secondary N) is 5. The second-order valence-electron chi connectivity index (χ2n) is 7.72. The van der Waals surface area contributed by atoms with Gasteiger partial charge in [0.15, 0.2) is 5.82 Å². The molecule has 0 fully saturated rings. The average Bonchev–Trinajstić information content (AvgIpc) is 3.43. The van der Waals surface area contributed by atoms with Gasteiger partial charge in [0, 0.05) is 35.9 Å². The Hall–Kier alpha value is -3.81. The van der Waals surface area contributed by atoms with Crippen LogP contribution in [-0.4, -0.2) is 9.97 Å². The lowest BCUT2D eigenvalue weighted by atomic mass is 10.0. The summed E-state index contributed by atoms with van der Waals surface area (Å²) in [4.78, 5) is 8.56. The minimum absolute atomic E-state index is 0.0496. The van der Waals surface area contributed by atoms with Crippen LogP contribution in [0.5, 0.6) is 0 Å². The lowest BCUT2D eigenvalue weighted by Gasteiger charge is -2.22. The first-order chi connectivity index (χ1) is 17.5. The van der Waals surface area contributed by atoms with Crippen LogP contribution < -0.4 is 27.0 Å². The fourth-order valence-corrected chi connectivity index (χ4v) is 4.37. The van der Waals surface area contributed by atoms with E-state index in [1.165, 1.54) is 18.3 Å². The van der Waals surface area contributed by atoms with Crippen molar-refractivity contribution < 1.29 is 4.39 Å². The third kappa shape index (κ3) is 4.55. The molecule has 8 nitrogen and oxygen atoms in total. The number of anilines is 3. The molecule has 12 heteroatoms. The molecular formula is C24H16Cl3FN8. The number of aromatic nitrogens is 2. The Labute approximate surface area is 220 Å². The molecular weight excluding hydrogens is 526 g/mol. The average molecular weight is 542 g/mol. The van der Waals surface area contributed by atoms with Crippen LogP contribution in [0, 0.1) is 17.1 Å². The maximum absolute atomic E-state index is 14.8. The Morgan fingerprint density at radius 3 is 2.67 bits per heavy atom. The van der Waals surface area contributed by atoms with E-state index in [4.69, 9.17) is 34.8 Å². The molecule has 180 valence electrons. The molecule has 0 aliphatic carbocycles. The number of hydrogen-bond acceptors (Lipinski definition) is 8. The molecule has 0 spiro atoms. The summed E-state index contributed by atoms with van der Waals surface area (Å²) in [5.74, 6) is -0.741. The molecule has 2 aromatic heterocycles. The first kappa shape index (κ1) is 23.9. The van der Waals surface area contributed by atoms with Crippen LogP contribution in [0.15, 0.2) is 66.9 Å². The molecule has 0 bridgehead atoms. The molecule has 1 atom stereocenters. The van der Waals surface area contributed by atoms with Gasteiger partial charge in [-0.3, -0.25) is 9.97 Å². The lowest BCUT2D eigenvalue weighted by Crippen LogP contribution is -2.33. The topological polar surface area (TPSA) is 110 Å². The van der Waals surface area contributed by atoms with Gasteiger partial charge < -0.3 is 21.5 Å². The van der Waals surface area contributed by atoms with Crippen molar-refractivity contribution in [2.75, 3.05) is 10.6 Å². The van der Waals surface area contributed by atoms with Gasteiger partial charge in [-0.15, -0.1) is 0 Å². The third-order valence-electron chi connectivity index (χ3n) is 5.49. The number of benzene rings is 2. The van der Waals surface area contributed by atoms with E-state index >= 15 is 0 Å². The molecule has 36 heavy (non-hydrogen) atoms. The number of hydrazine groups is 2. The van der Waals surface area contributed by atoms with Gasteiger partial charge in [-0.05, 0) is 35.9 Å². The number of nitriles is 1. The minimum Gasteiger partial charge on any atom is -0.373 e. The second-order valence-corrected chi connectivity index (χ2v) is 8.91. The SMILES string of the molecule is N#Cc1cnc2c(Cl)cc(N[C@H](C3=CNNN3)c3cccnc3)cc2c1Nc1ccc(Cl)c(Cl)c1F. The van der Waals surface area contributed by atoms with Crippen LogP contribution >= 0.6 is 34.8 Å². The summed E-state index contributed by atoms with van der Waals surface area (Å²) in [5.41, 5.74) is 12.1. The van der Waals surface area contributed by atoms with Crippen molar-refractivity contribution in [3.63, 3.8) is 0 Å². The molecule has 0 saturated carbocycles. The van der Waals surface area contributed by atoms with E-state index in [-0.39, 0.29) is 27.3 Å². The first-order valence-corrected chi connectivity index (χ1v) is 11.7. The van der Waals surface area contributed by atoms with E-state index in [9.17, 15) is 9.65 Å². The highest BCUT2D eigenvalue weighted by Crippen LogP contribution is 2.38. The first-order valence-electron chi connectivity index (χ1n) is 10.5. The molecule has 5 rings (SSSR count). The Morgan fingerprint density at radius 1 is 1.08 bits per heavy atom. The van der Waals surface area contributed by atoms with Crippen LogP contribution in [0.1, 0.15) is 17.2 Å². The number of fused-ring (bicyclic) bond motifs is 1. The Bertz CT molecular complexity index is 1540. The summed E-state index contributed by atoms with van der Waals surface area (Å²) in [6.45, 7) is 0. The predicted octanol–water partition coefficient (Wildman–Crippen LogP) is 5.95. The van der Waals surface area contributed by atoms with E-state index in [1.807, 2.05) is 12.1 Å². The lowest BCUT2D eigenvalue weighted by molar-refractivity contribution is 0.583. The molecule has 3 heterocycles. The summed E-state index contributed by atoms with van der Waals surface area (Å²) < 4.78 is 14.8. The Balaban J connectivity index is 1.62. The molecule has 1 aliphatic rings. The molecule has 4 aromatic rings. The number of pyridine rings is 2. The van der Waals surface area contributed by atoms with E-state index in [1.54, 1.807) is 30.7 Å². The van der Waals surface area contributed by atoms with Gasteiger partial charge in [0.05, 0.1) is 49.3 Å². The van der Waals surface area contributed by atoms with Gasteiger partial charge in [-0.2, -0.15) is 10.8 Å². The summed E-state index contributed by atoms with van der Waals surface area (Å²) in [7, 11) is 0. The highest BCUT2D eigenvalue weighted by molar-refractivity contribution is 6.42. The van der Waals surface area contributed by atoms with Crippen LogP contribution in [0.4, 0.5) is 21.5 Å².